The van der Waals surface area contributed by atoms with Crippen LogP contribution in [0.5, 0.6) is 0 Å². The van der Waals surface area contributed by atoms with Crippen LogP contribution in [0.25, 0.3) is 0 Å². The van der Waals surface area contributed by atoms with Crippen LogP contribution < -0.4 is 27.4 Å². The second-order valence-corrected chi connectivity index (χ2v) is 4.86. The van der Waals surface area contributed by atoms with Gasteiger partial charge in [0.1, 0.15) is 6.04 Å². The highest BCUT2D eigenvalue weighted by molar-refractivity contribution is 5.90. The van der Waals surface area contributed by atoms with Gasteiger partial charge in [-0.2, -0.15) is 0 Å². The summed E-state index contributed by atoms with van der Waals surface area (Å²) in [6.07, 6.45) is -0.0256. The summed E-state index contributed by atoms with van der Waals surface area (Å²) in [4.78, 5) is 44.5. The molecule has 0 spiro atoms. The molecule has 2 unspecified atom stereocenters. The Morgan fingerprint density at radius 2 is 1.75 bits per heavy atom. The van der Waals surface area contributed by atoms with E-state index in [1.807, 2.05) is 5.32 Å². The lowest BCUT2D eigenvalue weighted by Gasteiger charge is -2.14. The molecule has 0 aliphatic rings. The van der Waals surface area contributed by atoms with Gasteiger partial charge >= 0.3 is 11.9 Å². The molecule has 0 heterocycles. The second-order valence-electron chi connectivity index (χ2n) is 4.86. The van der Waals surface area contributed by atoms with E-state index in [1.54, 1.807) is 0 Å². The number of amides is 2. The van der Waals surface area contributed by atoms with Gasteiger partial charge in [0.05, 0.1) is 19.0 Å². The highest BCUT2D eigenvalue weighted by Crippen LogP contribution is 1.94. The van der Waals surface area contributed by atoms with Gasteiger partial charge in [-0.3, -0.25) is 19.8 Å². The van der Waals surface area contributed by atoms with Gasteiger partial charge in [0.2, 0.25) is 11.8 Å². The minimum absolute atomic E-state index is 0.195. The molecule has 0 bridgehead atoms. The highest BCUT2D eigenvalue weighted by Gasteiger charge is 2.23. The molecular weight excluding hydrogens is 324 g/mol. The number of carboxylic acid groups (broad SMARTS) is 2. The quantitative estimate of drug-likeness (QED) is 0.107. The highest BCUT2D eigenvalue weighted by atomic mass is 16.4. The van der Waals surface area contributed by atoms with Crippen molar-refractivity contribution in [3.8, 4) is 0 Å². The summed E-state index contributed by atoms with van der Waals surface area (Å²) in [5.41, 5.74) is 10.7. The van der Waals surface area contributed by atoms with E-state index >= 15 is 0 Å². The van der Waals surface area contributed by atoms with Crippen LogP contribution in [0.2, 0.25) is 0 Å². The maximum absolute atomic E-state index is 11.7. The van der Waals surface area contributed by atoms with Crippen LogP contribution in [-0.2, 0) is 19.2 Å². The number of rotatable bonds is 11. The van der Waals surface area contributed by atoms with Gasteiger partial charge in [-0.05, 0) is 12.8 Å². The summed E-state index contributed by atoms with van der Waals surface area (Å²) in [5, 5.41) is 31.0. The van der Waals surface area contributed by atoms with Crippen molar-refractivity contribution < 1.29 is 29.4 Å². The van der Waals surface area contributed by atoms with E-state index in [0.717, 1.165) is 0 Å². The van der Waals surface area contributed by atoms with Crippen LogP contribution in [0.4, 0.5) is 0 Å². The van der Waals surface area contributed by atoms with Crippen molar-refractivity contribution in [1.82, 2.24) is 16.0 Å². The molecule has 0 aliphatic carbocycles. The van der Waals surface area contributed by atoms with Gasteiger partial charge in [0.15, 0.2) is 5.96 Å². The number of guanidine groups is 1. The third-order valence-corrected chi connectivity index (χ3v) is 2.78. The van der Waals surface area contributed by atoms with Gasteiger partial charge in [-0.15, -0.1) is 0 Å². The Balaban J connectivity index is 4.14. The Bertz CT molecular complexity index is 496. The molecule has 0 aromatic carbocycles. The van der Waals surface area contributed by atoms with Crippen molar-refractivity contribution in [3.05, 3.63) is 0 Å². The zero-order valence-electron chi connectivity index (χ0n) is 12.9. The average molecular weight is 346 g/mol. The molecule has 2 amide bonds. The van der Waals surface area contributed by atoms with E-state index in [2.05, 4.69) is 10.6 Å². The fraction of sp³-hybridized carbons (Fsp3) is 0.583. The molecule has 0 rings (SSSR count). The van der Waals surface area contributed by atoms with E-state index in [-0.39, 0.29) is 12.4 Å². The molecule has 0 aromatic heterocycles. The molecule has 0 saturated carbocycles. The summed E-state index contributed by atoms with van der Waals surface area (Å²) in [5.74, 6) is -4.53. The van der Waals surface area contributed by atoms with Gasteiger partial charge in [0.25, 0.3) is 0 Å². The Kier molecular flexibility index (Phi) is 9.48. The number of carbonyl (C=O) groups is 4. The van der Waals surface area contributed by atoms with E-state index in [9.17, 15) is 19.2 Å². The van der Waals surface area contributed by atoms with Gasteiger partial charge in [0, 0.05) is 6.54 Å². The van der Waals surface area contributed by atoms with Gasteiger partial charge in [-0.25, -0.2) is 4.79 Å². The van der Waals surface area contributed by atoms with Crippen molar-refractivity contribution >= 4 is 29.7 Å². The largest absolute Gasteiger partial charge is 0.481 e. The number of carbonyl (C=O) groups excluding carboxylic acids is 2. The summed E-state index contributed by atoms with van der Waals surface area (Å²) in [7, 11) is 0. The summed E-state index contributed by atoms with van der Waals surface area (Å²) in [6.45, 7) is -0.159. The normalized spacial score (nSPS) is 12.5. The van der Waals surface area contributed by atoms with E-state index in [1.165, 1.54) is 0 Å². The molecule has 136 valence electrons. The van der Waals surface area contributed by atoms with E-state index in [4.69, 9.17) is 27.1 Å². The predicted molar refractivity (Wildman–Crippen MR) is 82.0 cm³/mol. The Labute approximate surface area is 137 Å². The summed E-state index contributed by atoms with van der Waals surface area (Å²) < 4.78 is 0. The van der Waals surface area contributed by atoms with Crippen LogP contribution in [0.1, 0.15) is 19.3 Å². The zero-order valence-corrected chi connectivity index (χ0v) is 12.9. The lowest BCUT2D eigenvalue weighted by Crippen LogP contribution is -2.49. The number of nitrogens with two attached hydrogens (primary N) is 2. The number of aliphatic carboxylic acids is 2. The first-order valence-corrected chi connectivity index (χ1v) is 6.98. The SMILES string of the molecule is N=C(N)NCCCC(N)C(=O)NCC(=O)NC(CC(=O)O)C(=O)O. The minimum Gasteiger partial charge on any atom is -0.481 e. The fourth-order valence-electron chi connectivity index (χ4n) is 1.59. The molecule has 0 radical (unpaired) electrons. The molecule has 12 heteroatoms. The number of hydrogen-bond donors (Lipinski definition) is 8. The first-order valence-electron chi connectivity index (χ1n) is 6.98. The van der Waals surface area contributed by atoms with Crippen LogP contribution >= 0.6 is 0 Å². The van der Waals surface area contributed by atoms with Crippen LogP contribution in [0, 0.1) is 5.41 Å². The second kappa shape index (κ2) is 10.8. The smallest absolute Gasteiger partial charge is 0.326 e. The minimum atomic E-state index is -1.58. The lowest BCUT2D eigenvalue weighted by atomic mass is 10.1. The van der Waals surface area contributed by atoms with Crippen molar-refractivity contribution in [2.45, 2.75) is 31.3 Å². The lowest BCUT2D eigenvalue weighted by molar-refractivity contribution is -0.147. The fourth-order valence-corrected chi connectivity index (χ4v) is 1.59. The molecule has 0 saturated heterocycles. The topological polar surface area (TPSA) is 221 Å². The Hall–Kier alpha value is -2.89. The van der Waals surface area contributed by atoms with Gasteiger partial charge < -0.3 is 37.6 Å². The molecule has 10 N–H and O–H groups in total. The third kappa shape index (κ3) is 9.94. The first kappa shape index (κ1) is 21.1. The predicted octanol–water partition coefficient (Wildman–Crippen LogP) is -3.26. The standard InChI is InChI=1S/C12H22N6O6/c13-6(2-1-3-16-12(14)15)10(22)17-5-8(19)18-7(11(23)24)4-9(20)21/h6-7H,1-5,13H2,(H,17,22)(H,18,19)(H,20,21)(H,23,24)(H4,14,15,16). The number of hydrogen-bond acceptors (Lipinski definition) is 6. The van der Waals surface area contributed by atoms with Crippen molar-refractivity contribution in [2.24, 2.45) is 11.5 Å². The van der Waals surface area contributed by atoms with E-state index < -0.39 is 48.8 Å². The third-order valence-electron chi connectivity index (χ3n) is 2.78. The van der Waals surface area contributed by atoms with Crippen molar-refractivity contribution in [3.63, 3.8) is 0 Å². The molecule has 0 aromatic rings. The van der Waals surface area contributed by atoms with Crippen LogP contribution in [-0.4, -0.2) is 65.1 Å². The molecular formula is C12H22N6O6. The monoisotopic (exact) mass is 346 g/mol. The molecule has 24 heavy (non-hydrogen) atoms. The Morgan fingerprint density at radius 3 is 2.25 bits per heavy atom. The van der Waals surface area contributed by atoms with Crippen LogP contribution in [0.3, 0.4) is 0 Å². The molecule has 12 nitrogen and oxygen atoms in total. The number of nitrogens with one attached hydrogen (secondary N) is 4. The Morgan fingerprint density at radius 1 is 1.12 bits per heavy atom. The van der Waals surface area contributed by atoms with E-state index in [0.29, 0.717) is 13.0 Å². The summed E-state index contributed by atoms with van der Waals surface area (Å²) >= 11 is 0. The molecule has 0 fully saturated rings. The maximum Gasteiger partial charge on any atom is 0.326 e. The molecule has 2 atom stereocenters. The molecule has 0 aliphatic heterocycles. The van der Waals surface area contributed by atoms with Crippen molar-refractivity contribution in [1.29, 1.82) is 5.41 Å². The first-order chi connectivity index (χ1) is 11.1. The maximum atomic E-state index is 11.7. The van der Waals surface area contributed by atoms with Crippen molar-refractivity contribution in [2.75, 3.05) is 13.1 Å². The number of carboxylic acids is 2. The summed E-state index contributed by atoms with van der Waals surface area (Å²) in [6, 6.07) is -2.47. The zero-order chi connectivity index (χ0) is 18.7. The average Bonchev–Trinajstić information content (AvgIpc) is 2.47. The van der Waals surface area contributed by atoms with Crippen LogP contribution in [0.15, 0.2) is 0 Å². The van der Waals surface area contributed by atoms with Gasteiger partial charge in [-0.1, -0.05) is 0 Å².